The highest BCUT2D eigenvalue weighted by atomic mass is 19.1. The minimum Gasteiger partial charge on any atom is -0.475 e. The zero-order chi connectivity index (χ0) is 31.7. The molecular weight excluding hydrogens is 569 g/mol. The highest BCUT2D eigenvalue weighted by Crippen LogP contribution is 2.40. The lowest BCUT2D eigenvalue weighted by Gasteiger charge is -2.43. The molecule has 2 aromatic carbocycles. The molecule has 3 aromatic rings. The molecule has 6 rings (SSSR count). The maximum absolute atomic E-state index is 13.9. The van der Waals surface area contributed by atoms with Gasteiger partial charge in [0.1, 0.15) is 18.2 Å². The van der Waals surface area contributed by atoms with Gasteiger partial charge in [-0.15, -0.1) is 0 Å². The molecule has 4 heterocycles. The Morgan fingerprint density at radius 3 is 2.62 bits per heavy atom. The third-order valence-electron chi connectivity index (χ3n) is 9.54. The van der Waals surface area contributed by atoms with Crippen LogP contribution in [0.3, 0.4) is 0 Å². The summed E-state index contributed by atoms with van der Waals surface area (Å²) in [5, 5.41) is 22.5. The molecule has 0 bridgehead atoms. The van der Waals surface area contributed by atoms with Gasteiger partial charge in [0.05, 0.1) is 36.5 Å². The fourth-order valence-corrected chi connectivity index (χ4v) is 7.19. The van der Waals surface area contributed by atoms with Crippen LogP contribution in [0.5, 0.6) is 5.88 Å². The lowest BCUT2D eigenvalue weighted by molar-refractivity contribution is -0.131. The summed E-state index contributed by atoms with van der Waals surface area (Å²) in [5.74, 6) is -1.52. The van der Waals surface area contributed by atoms with E-state index in [1.807, 2.05) is 0 Å². The van der Waals surface area contributed by atoms with Crippen molar-refractivity contribution in [2.45, 2.75) is 51.2 Å². The molecule has 1 amide bonds. The van der Waals surface area contributed by atoms with E-state index in [4.69, 9.17) is 9.72 Å². The Morgan fingerprint density at radius 1 is 1.11 bits per heavy atom. The highest BCUT2D eigenvalue weighted by Gasteiger charge is 2.36. The van der Waals surface area contributed by atoms with Crippen molar-refractivity contribution >= 4 is 28.1 Å². The van der Waals surface area contributed by atoms with Crippen LogP contribution in [0.2, 0.25) is 0 Å². The lowest BCUT2D eigenvalue weighted by Crippen LogP contribution is -2.55. The van der Waals surface area contributed by atoms with E-state index in [2.05, 4.69) is 83.8 Å². The monoisotopic (exact) mass is 607 g/mol. The smallest absolute Gasteiger partial charge is 0.282 e. The normalized spacial score (nSPS) is 20.1. The Balaban J connectivity index is 1.40. The number of rotatable bonds is 7. The first-order chi connectivity index (χ1) is 21.8. The molecular formula is C35H38FN7O2. The molecule has 1 aromatic heterocycles. The molecule has 10 heteroatoms. The molecule has 0 saturated carbocycles. The number of nitrogens with zero attached hydrogens (tertiary/aromatic N) is 7. The molecule has 3 aliphatic rings. The van der Waals surface area contributed by atoms with Crippen molar-refractivity contribution in [1.29, 1.82) is 10.5 Å². The Bertz CT molecular complexity index is 1720. The number of ether oxygens (including phenoxy) is 1. The number of halogens is 1. The molecule has 2 unspecified atom stereocenters. The van der Waals surface area contributed by atoms with Crippen LogP contribution in [-0.4, -0.2) is 79.2 Å². The second kappa shape index (κ2) is 12.7. The first-order valence-corrected chi connectivity index (χ1v) is 15.6. The van der Waals surface area contributed by atoms with E-state index >= 15 is 0 Å². The number of benzene rings is 2. The summed E-state index contributed by atoms with van der Waals surface area (Å²) in [4.78, 5) is 25.7. The first-order valence-electron chi connectivity index (χ1n) is 15.6. The quantitative estimate of drug-likeness (QED) is 0.351. The van der Waals surface area contributed by atoms with Crippen molar-refractivity contribution in [3.63, 3.8) is 0 Å². The van der Waals surface area contributed by atoms with E-state index in [0.717, 1.165) is 48.6 Å². The summed E-state index contributed by atoms with van der Waals surface area (Å²) in [6.45, 7) is 8.90. The molecule has 3 aliphatic heterocycles. The lowest BCUT2D eigenvalue weighted by atomic mass is 9.95. The largest absolute Gasteiger partial charge is 0.475 e. The van der Waals surface area contributed by atoms with Gasteiger partial charge in [0.2, 0.25) is 5.88 Å². The van der Waals surface area contributed by atoms with Crippen LogP contribution in [0.1, 0.15) is 41.6 Å². The van der Waals surface area contributed by atoms with Crippen molar-refractivity contribution in [1.82, 2.24) is 14.8 Å². The van der Waals surface area contributed by atoms with Gasteiger partial charge in [0.25, 0.3) is 5.91 Å². The number of carbonyl (C=O) groups excluding carboxylic acids is 1. The molecule has 232 valence electrons. The molecule has 9 nitrogen and oxygen atoms in total. The second-order valence-electron chi connectivity index (χ2n) is 12.3. The summed E-state index contributed by atoms with van der Waals surface area (Å²) in [6.07, 6.45) is 2.82. The summed E-state index contributed by atoms with van der Waals surface area (Å²) in [5.41, 5.74) is 5.30. The number of pyridine rings is 1. The number of piperazine rings is 1. The number of hydrogen-bond donors (Lipinski definition) is 0. The Morgan fingerprint density at radius 2 is 1.91 bits per heavy atom. The average Bonchev–Trinajstić information content (AvgIpc) is 3.46. The molecule has 2 saturated heterocycles. The van der Waals surface area contributed by atoms with Crippen LogP contribution in [0.25, 0.3) is 10.8 Å². The standard InChI is InChI=1S/C35H38FN7O2/c1-23-7-4-8-25-9-5-11-31(32(23)25)41-16-13-28-30(21-41)39-34(45-22-27-10-6-15-40(27)3)29(19-38)33(28)42-17-18-43(35(44)24(2)36)26(20-42)12-14-37/h4-5,7-9,11,26-27H,2,6,10,12-13,15-18,20-22H2,1,3H3. The summed E-state index contributed by atoms with van der Waals surface area (Å²) in [6, 6.07) is 16.9. The van der Waals surface area contributed by atoms with Crippen LogP contribution in [0.15, 0.2) is 48.8 Å². The maximum atomic E-state index is 13.9. The minimum absolute atomic E-state index is 0.0380. The number of hydrogen-bond acceptors (Lipinski definition) is 8. The fraction of sp³-hybridized carbons (Fsp3) is 0.429. The summed E-state index contributed by atoms with van der Waals surface area (Å²) < 4.78 is 20.3. The molecule has 0 spiro atoms. The van der Waals surface area contributed by atoms with Gasteiger partial charge < -0.3 is 24.3 Å². The van der Waals surface area contributed by atoms with E-state index in [1.165, 1.54) is 21.2 Å². The van der Waals surface area contributed by atoms with E-state index in [1.54, 1.807) is 0 Å². The zero-order valence-electron chi connectivity index (χ0n) is 25.9. The van der Waals surface area contributed by atoms with Gasteiger partial charge >= 0.3 is 0 Å². The van der Waals surface area contributed by atoms with E-state index in [0.29, 0.717) is 37.6 Å². The van der Waals surface area contributed by atoms with Crippen molar-refractivity contribution in [3.8, 4) is 18.0 Å². The van der Waals surface area contributed by atoms with Gasteiger partial charge in [-0.2, -0.15) is 10.5 Å². The Hall–Kier alpha value is -4.67. The topological polar surface area (TPSA) is 99.7 Å². The van der Waals surface area contributed by atoms with Gasteiger partial charge in [0.15, 0.2) is 5.83 Å². The Kier molecular flexibility index (Phi) is 8.60. The van der Waals surface area contributed by atoms with E-state index < -0.39 is 17.8 Å². The number of fused-ring (bicyclic) bond motifs is 2. The number of likely N-dealkylation sites (tertiary alicyclic amines) is 1. The summed E-state index contributed by atoms with van der Waals surface area (Å²) in [7, 11) is 2.09. The van der Waals surface area contributed by atoms with Crippen LogP contribution < -0.4 is 14.5 Å². The number of aromatic nitrogens is 1. The predicted molar refractivity (Wildman–Crippen MR) is 172 cm³/mol. The fourth-order valence-electron chi connectivity index (χ4n) is 7.19. The van der Waals surface area contributed by atoms with Gasteiger partial charge in [-0.1, -0.05) is 36.9 Å². The average molecular weight is 608 g/mol. The van der Waals surface area contributed by atoms with Gasteiger partial charge in [-0.3, -0.25) is 4.79 Å². The van der Waals surface area contributed by atoms with Crippen LogP contribution >= 0.6 is 0 Å². The van der Waals surface area contributed by atoms with E-state index in [9.17, 15) is 19.7 Å². The number of amides is 1. The summed E-state index contributed by atoms with van der Waals surface area (Å²) >= 11 is 0. The van der Waals surface area contributed by atoms with Crippen LogP contribution in [0, 0.1) is 29.6 Å². The van der Waals surface area contributed by atoms with E-state index in [-0.39, 0.29) is 25.6 Å². The number of aryl methyl sites for hydroxylation is 1. The van der Waals surface area contributed by atoms with Crippen molar-refractivity contribution < 1.29 is 13.9 Å². The van der Waals surface area contributed by atoms with Gasteiger partial charge in [0, 0.05) is 48.9 Å². The molecule has 45 heavy (non-hydrogen) atoms. The minimum atomic E-state index is -1.04. The first kappa shape index (κ1) is 30.4. The number of anilines is 2. The number of carbonyl (C=O) groups is 1. The molecule has 0 N–H and O–H groups in total. The van der Waals surface area contributed by atoms with Gasteiger partial charge in [-0.25, -0.2) is 9.37 Å². The van der Waals surface area contributed by atoms with Crippen LogP contribution in [-0.2, 0) is 17.8 Å². The SMILES string of the molecule is C=C(F)C(=O)N1CCN(c2c(C#N)c(OCC3CCCN3C)nc3c2CCN(c2cccc4cccc(C)c24)C3)CC1CC#N. The maximum Gasteiger partial charge on any atom is 0.282 e. The Labute approximate surface area is 263 Å². The zero-order valence-corrected chi connectivity index (χ0v) is 25.9. The number of nitriles is 2. The molecule has 2 atom stereocenters. The third-order valence-corrected chi connectivity index (χ3v) is 9.54. The van der Waals surface area contributed by atoms with Crippen molar-refractivity contribution in [3.05, 3.63) is 71.2 Å². The molecule has 0 radical (unpaired) electrons. The molecule has 2 fully saturated rings. The molecule has 0 aliphatic carbocycles. The highest BCUT2D eigenvalue weighted by molar-refractivity contribution is 5.97. The number of likely N-dealkylation sites (N-methyl/N-ethyl adjacent to an activating group) is 1. The van der Waals surface area contributed by atoms with Gasteiger partial charge in [-0.05, 0) is 56.8 Å². The van der Waals surface area contributed by atoms with Crippen LogP contribution in [0.4, 0.5) is 15.8 Å². The second-order valence-corrected chi connectivity index (χ2v) is 12.3. The predicted octanol–water partition coefficient (Wildman–Crippen LogP) is 4.86. The van der Waals surface area contributed by atoms with Crippen molar-refractivity contribution in [2.24, 2.45) is 0 Å². The third kappa shape index (κ3) is 5.79. The van der Waals surface area contributed by atoms with Crippen molar-refractivity contribution in [2.75, 3.05) is 56.2 Å².